The standard InChI is InChI=1S/C21H32N2O/c1-3-21(24)22-16(2)14-23-11-7-6-10-19-12-17-8-4-5-9-18(17)13-20(19)15-23/h12-13,16H,3-11,14-15H2,1-2H3,(H,22,24)/t16-/m0/s1. The SMILES string of the molecule is CCC(=O)N[C@@H](C)CN1CCCCc2cc3c(cc2C1)CCCC3. The van der Waals surface area contributed by atoms with E-state index in [2.05, 4.69) is 29.3 Å². The highest BCUT2D eigenvalue weighted by atomic mass is 16.1. The Labute approximate surface area is 146 Å². The first-order valence-electron chi connectivity index (χ1n) is 9.81. The molecule has 1 heterocycles. The lowest BCUT2D eigenvalue weighted by molar-refractivity contribution is -0.121. The third kappa shape index (κ3) is 4.38. The highest BCUT2D eigenvalue weighted by Crippen LogP contribution is 2.28. The van der Waals surface area contributed by atoms with Crippen LogP contribution < -0.4 is 5.32 Å². The minimum absolute atomic E-state index is 0.156. The molecular formula is C21H32N2O. The fourth-order valence-electron chi connectivity index (χ4n) is 4.20. The minimum Gasteiger partial charge on any atom is -0.352 e. The predicted octanol–water partition coefficient (Wildman–Crippen LogP) is 3.62. The lowest BCUT2D eigenvalue weighted by atomic mass is 9.86. The van der Waals surface area contributed by atoms with Crippen molar-refractivity contribution in [2.45, 2.75) is 77.8 Å². The van der Waals surface area contributed by atoms with Crippen LogP contribution in [0.15, 0.2) is 12.1 Å². The van der Waals surface area contributed by atoms with Gasteiger partial charge in [-0.1, -0.05) is 19.1 Å². The second-order valence-electron chi connectivity index (χ2n) is 7.61. The van der Waals surface area contributed by atoms with E-state index >= 15 is 0 Å². The van der Waals surface area contributed by atoms with Gasteiger partial charge in [0.25, 0.3) is 0 Å². The first-order valence-corrected chi connectivity index (χ1v) is 9.81. The Morgan fingerprint density at radius 3 is 2.29 bits per heavy atom. The average Bonchev–Trinajstić information content (AvgIpc) is 2.56. The monoisotopic (exact) mass is 328 g/mol. The van der Waals surface area contributed by atoms with Crippen LogP contribution in [-0.4, -0.2) is 29.9 Å². The van der Waals surface area contributed by atoms with Crippen molar-refractivity contribution in [3.63, 3.8) is 0 Å². The second-order valence-corrected chi connectivity index (χ2v) is 7.61. The predicted molar refractivity (Wildman–Crippen MR) is 99.2 cm³/mol. The van der Waals surface area contributed by atoms with Crippen LogP contribution in [0, 0.1) is 0 Å². The van der Waals surface area contributed by atoms with Crippen molar-refractivity contribution in [3.05, 3.63) is 34.4 Å². The molecule has 1 aliphatic heterocycles. The third-order valence-corrected chi connectivity index (χ3v) is 5.49. The van der Waals surface area contributed by atoms with Crippen LogP contribution in [0.3, 0.4) is 0 Å². The molecule has 0 radical (unpaired) electrons. The van der Waals surface area contributed by atoms with E-state index in [-0.39, 0.29) is 11.9 Å². The molecule has 1 amide bonds. The Morgan fingerprint density at radius 2 is 1.62 bits per heavy atom. The van der Waals surface area contributed by atoms with Gasteiger partial charge in [-0.2, -0.15) is 0 Å². The van der Waals surface area contributed by atoms with Gasteiger partial charge in [-0.05, 0) is 80.7 Å². The van der Waals surface area contributed by atoms with E-state index in [4.69, 9.17) is 0 Å². The van der Waals surface area contributed by atoms with Crippen LogP contribution in [0.2, 0.25) is 0 Å². The number of fused-ring (bicyclic) bond motifs is 2. The maximum Gasteiger partial charge on any atom is 0.219 e. The lowest BCUT2D eigenvalue weighted by Crippen LogP contribution is -2.42. The van der Waals surface area contributed by atoms with Crippen LogP contribution in [0.25, 0.3) is 0 Å². The van der Waals surface area contributed by atoms with Crippen molar-refractivity contribution < 1.29 is 4.79 Å². The van der Waals surface area contributed by atoms with Gasteiger partial charge in [0.2, 0.25) is 5.91 Å². The summed E-state index contributed by atoms with van der Waals surface area (Å²) >= 11 is 0. The zero-order chi connectivity index (χ0) is 16.9. The maximum absolute atomic E-state index is 11.6. The number of amides is 1. The Bertz CT molecular complexity index is 581. The lowest BCUT2D eigenvalue weighted by Gasteiger charge is -2.30. The molecule has 0 saturated carbocycles. The summed E-state index contributed by atoms with van der Waals surface area (Å²) in [6.07, 6.45) is 9.56. The summed E-state index contributed by atoms with van der Waals surface area (Å²) in [6.45, 7) is 7.16. The van der Waals surface area contributed by atoms with Gasteiger partial charge in [0, 0.05) is 25.6 Å². The van der Waals surface area contributed by atoms with Crippen molar-refractivity contribution in [2.75, 3.05) is 13.1 Å². The molecule has 3 nitrogen and oxygen atoms in total. The molecule has 0 unspecified atom stereocenters. The molecule has 0 saturated heterocycles. The van der Waals surface area contributed by atoms with Gasteiger partial charge in [-0.3, -0.25) is 9.69 Å². The number of carbonyl (C=O) groups is 1. The van der Waals surface area contributed by atoms with Gasteiger partial charge in [0.1, 0.15) is 0 Å². The molecule has 3 rings (SSSR count). The Kier molecular flexibility index (Phi) is 5.94. The topological polar surface area (TPSA) is 32.3 Å². The number of hydrogen-bond acceptors (Lipinski definition) is 2. The van der Waals surface area contributed by atoms with Crippen molar-refractivity contribution in [1.82, 2.24) is 10.2 Å². The number of rotatable bonds is 4. The molecule has 132 valence electrons. The van der Waals surface area contributed by atoms with Gasteiger partial charge in [0.15, 0.2) is 0 Å². The summed E-state index contributed by atoms with van der Waals surface area (Å²) in [6, 6.07) is 5.23. The fraction of sp³-hybridized carbons (Fsp3) is 0.667. The molecule has 24 heavy (non-hydrogen) atoms. The Morgan fingerprint density at radius 1 is 1.04 bits per heavy atom. The van der Waals surface area contributed by atoms with E-state index in [0.29, 0.717) is 6.42 Å². The van der Waals surface area contributed by atoms with E-state index in [1.165, 1.54) is 50.5 Å². The summed E-state index contributed by atoms with van der Waals surface area (Å²) in [4.78, 5) is 14.2. The molecule has 1 N–H and O–H groups in total. The van der Waals surface area contributed by atoms with Crippen LogP contribution in [-0.2, 0) is 30.6 Å². The molecular weight excluding hydrogens is 296 g/mol. The van der Waals surface area contributed by atoms with E-state index in [1.54, 1.807) is 16.7 Å². The number of hydrogen-bond donors (Lipinski definition) is 1. The van der Waals surface area contributed by atoms with Crippen molar-refractivity contribution in [1.29, 1.82) is 0 Å². The van der Waals surface area contributed by atoms with E-state index in [9.17, 15) is 4.79 Å². The van der Waals surface area contributed by atoms with E-state index in [0.717, 1.165) is 19.6 Å². The van der Waals surface area contributed by atoms with Gasteiger partial charge in [-0.25, -0.2) is 0 Å². The van der Waals surface area contributed by atoms with Crippen LogP contribution in [0.1, 0.15) is 68.2 Å². The molecule has 3 heteroatoms. The Hall–Kier alpha value is -1.35. The number of carbonyl (C=O) groups excluding carboxylic acids is 1. The largest absolute Gasteiger partial charge is 0.352 e. The van der Waals surface area contributed by atoms with Crippen molar-refractivity contribution in [3.8, 4) is 0 Å². The number of nitrogens with zero attached hydrogens (tertiary/aromatic N) is 1. The quantitative estimate of drug-likeness (QED) is 0.915. The first-order chi connectivity index (χ1) is 11.7. The van der Waals surface area contributed by atoms with Gasteiger partial charge in [0.05, 0.1) is 0 Å². The molecule has 1 aromatic rings. The molecule has 0 fully saturated rings. The summed E-state index contributed by atoms with van der Waals surface area (Å²) in [5.41, 5.74) is 6.30. The van der Waals surface area contributed by atoms with E-state index in [1.807, 2.05) is 6.92 Å². The molecule has 1 atom stereocenters. The van der Waals surface area contributed by atoms with Crippen LogP contribution in [0.5, 0.6) is 0 Å². The smallest absolute Gasteiger partial charge is 0.219 e. The average molecular weight is 329 g/mol. The summed E-state index contributed by atoms with van der Waals surface area (Å²) in [7, 11) is 0. The second kappa shape index (κ2) is 8.15. The summed E-state index contributed by atoms with van der Waals surface area (Å²) < 4.78 is 0. The van der Waals surface area contributed by atoms with Crippen LogP contribution in [0.4, 0.5) is 0 Å². The summed E-state index contributed by atoms with van der Waals surface area (Å²) in [5, 5.41) is 3.11. The summed E-state index contributed by atoms with van der Waals surface area (Å²) in [5.74, 6) is 0.156. The normalized spacial score (nSPS) is 19.6. The van der Waals surface area contributed by atoms with Crippen molar-refractivity contribution in [2.24, 2.45) is 0 Å². The molecule has 2 aliphatic rings. The van der Waals surface area contributed by atoms with E-state index < -0.39 is 0 Å². The number of nitrogens with one attached hydrogen (secondary N) is 1. The van der Waals surface area contributed by atoms with Gasteiger partial charge in [-0.15, -0.1) is 0 Å². The molecule has 0 spiro atoms. The maximum atomic E-state index is 11.6. The number of benzene rings is 1. The van der Waals surface area contributed by atoms with Crippen LogP contribution >= 0.6 is 0 Å². The minimum atomic E-state index is 0.156. The van der Waals surface area contributed by atoms with Gasteiger partial charge < -0.3 is 5.32 Å². The number of aryl methyl sites for hydroxylation is 3. The van der Waals surface area contributed by atoms with Gasteiger partial charge >= 0.3 is 0 Å². The molecule has 1 aromatic carbocycles. The molecule has 0 bridgehead atoms. The zero-order valence-electron chi connectivity index (χ0n) is 15.4. The highest BCUT2D eigenvalue weighted by Gasteiger charge is 2.19. The molecule has 0 aromatic heterocycles. The molecule has 1 aliphatic carbocycles. The third-order valence-electron chi connectivity index (χ3n) is 5.49. The Balaban J connectivity index is 1.72. The fourth-order valence-corrected chi connectivity index (χ4v) is 4.20. The van der Waals surface area contributed by atoms with Crippen molar-refractivity contribution >= 4 is 5.91 Å². The first kappa shape index (κ1) is 17.5. The zero-order valence-corrected chi connectivity index (χ0v) is 15.4. The highest BCUT2D eigenvalue weighted by molar-refractivity contribution is 5.75.